The molecule has 190 valence electrons. The molecule has 0 aliphatic heterocycles. The summed E-state index contributed by atoms with van der Waals surface area (Å²) < 4.78 is 38.7. The molecule has 9 atom stereocenters. The molecule has 1 N–H and O–H groups in total. The van der Waals surface area contributed by atoms with Crippen molar-refractivity contribution < 1.29 is 18.3 Å². The van der Waals surface area contributed by atoms with Crippen LogP contribution < -0.4 is 0 Å². The second-order valence-corrected chi connectivity index (χ2v) is 13.1. The van der Waals surface area contributed by atoms with Gasteiger partial charge in [0.1, 0.15) is 0 Å². The second kappa shape index (κ2) is 8.86. The zero-order valence-electron chi connectivity index (χ0n) is 21.6. The third kappa shape index (κ3) is 4.45. The summed E-state index contributed by atoms with van der Waals surface area (Å²) in [7, 11) is 0. The van der Waals surface area contributed by atoms with Gasteiger partial charge in [-0.1, -0.05) is 59.1 Å². The number of aliphatic hydroxyl groups is 1. The van der Waals surface area contributed by atoms with Crippen LogP contribution in [0.25, 0.3) is 0 Å². The molecule has 0 bridgehead atoms. The molecule has 0 spiro atoms. The van der Waals surface area contributed by atoms with Crippen LogP contribution in [-0.4, -0.2) is 16.9 Å². The van der Waals surface area contributed by atoms with Crippen molar-refractivity contribution in [2.24, 2.45) is 46.3 Å². The van der Waals surface area contributed by atoms with E-state index in [1.165, 1.54) is 44.6 Å². The maximum atomic E-state index is 12.9. The summed E-state index contributed by atoms with van der Waals surface area (Å²) in [5, 5.41) is 11.0. The Morgan fingerprint density at radius 1 is 1.03 bits per heavy atom. The third-order valence-electron chi connectivity index (χ3n) is 11.5. The lowest BCUT2D eigenvalue weighted by Gasteiger charge is -2.59. The molecular formula is C29H47F3O. The largest absolute Gasteiger partial charge is 0.391 e. The van der Waals surface area contributed by atoms with Crippen LogP contribution >= 0.6 is 0 Å². The van der Waals surface area contributed by atoms with E-state index in [2.05, 4.69) is 33.8 Å². The Morgan fingerprint density at radius 2 is 1.76 bits per heavy atom. The van der Waals surface area contributed by atoms with Gasteiger partial charge in [-0.2, -0.15) is 13.2 Å². The summed E-state index contributed by atoms with van der Waals surface area (Å²) in [6.07, 6.45) is 10.4. The SMILES string of the molecule is CC[C@]1(O)CC[C@@]2(C)C(=CC[C@H]3[C@@H]4CC[C@H]([C@H](C)CCC[C@@H](C)C(F)(F)F)[C@@]4(C)CC[C@@H]32)C1. The molecule has 4 rings (SSSR count). The first kappa shape index (κ1) is 25.6. The zero-order valence-corrected chi connectivity index (χ0v) is 21.6. The molecule has 4 aliphatic carbocycles. The Labute approximate surface area is 200 Å². The highest BCUT2D eigenvalue weighted by Crippen LogP contribution is 2.67. The number of alkyl halides is 3. The minimum atomic E-state index is -4.05. The van der Waals surface area contributed by atoms with Crippen molar-refractivity contribution in [1.29, 1.82) is 0 Å². The smallest absolute Gasteiger partial charge is 0.390 e. The van der Waals surface area contributed by atoms with Gasteiger partial charge in [-0.25, -0.2) is 0 Å². The molecule has 3 fully saturated rings. The van der Waals surface area contributed by atoms with E-state index in [0.29, 0.717) is 23.7 Å². The van der Waals surface area contributed by atoms with E-state index in [9.17, 15) is 18.3 Å². The highest BCUT2D eigenvalue weighted by Gasteiger charge is 2.59. The van der Waals surface area contributed by atoms with Gasteiger partial charge in [-0.05, 0) is 105 Å². The van der Waals surface area contributed by atoms with Gasteiger partial charge in [-0.15, -0.1) is 0 Å². The predicted octanol–water partition coefficient (Wildman–Crippen LogP) is 8.71. The van der Waals surface area contributed by atoms with E-state index in [1.54, 1.807) is 0 Å². The fraction of sp³-hybridized carbons (Fsp3) is 0.931. The molecule has 4 aliphatic rings. The fourth-order valence-corrected chi connectivity index (χ4v) is 9.10. The van der Waals surface area contributed by atoms with Crippen molar-refractivity contribution in [3.63, 3.8) is 0 Å². The van der Waals surface area contributed by atoms with Crippen molar-refractivity contribution in [2.75, 3.05) is 0 Å². The van der Waals surface area contributed by atoms with Crippen molar-refractivity contribution in [3.8, 4) is 0 Å². The van der Waals surface area contributed by atoms with Crippen LogP contribution in [0.3, 0.4) is 0 Å². The van der Waals surface area contributed by atoms with Crippen molar-refractivity contribution in [3.05, 3.63) is 11.6 Å². The van der Waals surface area contributed by atoms with Gasteiger partial charge >= 0.3 is 6.18 Å². The van der Waals surface area contributed by atoms with Gasteiger partial charge in [0.05, 0.1) is 11.5 Å². The maximum Gasteiger partial charge on any atom is 0.391 e. The highest BCUT2D eigenvalue weighted by molar-refractivity contribution is 5.27. The molecule has 0 unspecified atom stereocenters. The number of allylic oxidation sites excluding steroid dienone is 1. The molecule has 0 aromatic rings. The summed E-state index contributed by atoms with van der Waals surface area (Å²) in [6.45, 7) is 10.8. The van der Waals surface area contributed by atoms with E-state index in [1.807, 2.05) is 0 Å². The van der Waals surface area contributed by atoms with Gasteiger partial charge in [0.2, 0.25) is 0 Å². The lowest BCUT2D eigenvalue weighted by atomic mass is 9.46. The Morgan fingerprint density at radius 3 is 2.42 bits per heavy atom. The van der Waals surface area contributed by atoms with Gasteiger partial charge in [0.25, 0.3) is 0 Å². The summed E-state index contributed by atoms with van der Waals surface area (Å²) in [6, 6.07) is 0. The Bertz CT molecular complexity index is 744. The zero-order chi connectivity index (χ0) is 24.2. The first-order chi connectivity index (χ1) is 15.3. The summed E-state index contributed by atoms with van der Waals surface area (Å²) in [5.74, 6) is 2.21. The molecule has 33 heavy (non-hydrogen) atoms. The van der Waals surface area contributed by atoms with Gasteiger partial charge in [0.15, 0.2) is 0 Å². The van der Waals surface area contributed by atoms with Crippen LogP contribution in [-0.2, 0) is 0 Å². The minimum absolute atomic E-state index is 0.253. The van der Waals surface area contributed by atoms with Gasteiger partial charge in [0, 0.05) is 0 Å². The number of hydrogen-bond acceptors (Lipinski definition) is 1. The number of halogens is 3. The normalized spacial score (nSPS) is 44.9. The van der Waals surface area contributed by atoms with Gasteiger partial charge < -0.3 is 5.11 Å². The minimum Gasteiger partial charge on any atom is -0.390 e. The van der Waals surface area contributed by atoms with Gasteiger partial charge in [-0.3, -0.25) is 0 Å². The number of rotatable bonds is 6. The number of fused-ring (bicyclic) bond motifs is 5. The number of hydrogen-bond donors (Lipinski definition) is 1. The maximum absolute atomic E-state index is 12.9. The molecule has 0 saturated heterocycles. The fourth-order valence-electron chi connectivity index (χ4n) is 9.10. The summed E-state index contributed by atoms with van der Waals surface area (Å²) in [5.41, 5.74) is 1.63. The van der Waals surface area contributed by atoms with Crippen LogP contribution in [0.1, 0.15) is 112 Å². The first-order valence-electron chi connectivity index (χ1n) is 13.8. The highest BCUT2D eigenvalue weighted by atomic mass is 19.4. The molecular weight excluding hydrogens is 421 g/mol. The second-order valence-electron chi connectivity index (χ2n) is 13.1. The Balaban J connectivity index is 1.43. The molecule has 0 heterocycles. The third-order valence-corrected chi connectivity index (χ3v) is 11.5. The van der Waals surface area contributed by atoms with E-state index >= 15 is 0 Å². The average Bonchev–Trinajstić information content (AvgIpc) is 3.11. The quantitative estimate of drug-likeness (QED) is 0.386. The van der Waals surface area contributed by atoms with Crippen LogP contribution in [0.4, 0.5) is 13.2 Å². The molecule has 1 nitrogen and oxygen atoms in total. The molecule has 3 saturated carbocycles. The first-order valence-corrected chi connectivity index (χ1v) is 13.8. The van der Waals surface area contributed by atoms with Crippen LogP contribution in [0, 0.1) is 46.3 Å². The lowest BCUT2D eigenvalue weighted by Crippen LogP contribution is -2.52. The van der Waals surface area contributed by atoms with Crippen LogP contribution in [0.2, 0.25) is 0 Å². The Hall–Kier alpha value is -0.510. The average molecular weight is 469 g/mol. The molecule has 0 aromatic carbocycles. The molecule has 4 heteroatoms. The Kier molecular flexibility index (Phi) is 6.87. The summed E-state index contributed by atoms with van der Waals surface area (Å²) >= 11 is 0. The van der Waals surface area contributed by atoms with E-state index in [-0.39, 0.29) is 11.8 Å². The molecule has 0 amide bonds. The summed E-state index contributed by atoms with van der Waals surface area (Å²) in [4.78, 5) is 0. The van der Waals surface area contributed by atoms with E-state index in [4.69, 9.17) is 0 Å². The lowest BCUT2D eigenvalue weighted by molar-refractivity contribution is -0.171. The van der Waals surface area contributed by atoms with Crippen LogP contribution in [0.5, 0.6) is 0 Å². The molecule has 0 aromatic heterocycles. The van der Waals surface area contributed by atoms with E-state index < -0.39 is 17.7 Å². The van der Waals surface area contributed by atoms with Crippen LogP contribution in [0.15, 0.2) is 11.6 Å². The van der Waals surface area contributed by atoms with Crippen molar-refractivity contribution >= 4 is 0 Å². The predicted molar refractivity (Wildman–Crippen MR) is 129 cm³/mol. The standard InChI is InChI=1S/C29H47F3O/c1-6-28(33)17-16-26(4)21(18-28)10-11-22-24-13-12-23(27(24,5)15-14-25(22)26)19(2)8-7-9-20(3)29(30,31)32/h10,19-20,22-25,33H,6-9,11-18H2,1-5H3/t19-,20-,22+,23-,24+,25+,26+,27-,28+/m1/s1. The molecule has 0 radical (unpaired) electrons. The van der Waals surface area contributed by atoms with E-state index in [0.717, 1.165) is 49.9 Å². The van der Waals surface area contributed by atoms with Crippen molar-refractivity contribution in [1.82, 2.24) is 0 Å². The topological polar surface area (TPSA) is 20.2 Å². The van der Waals surface area contributed by atoms with Crippen molar-refractivity contribution in [2.45, 2.75) is 123 Å². The monoisotopic (exact) mass is 468 g/mol.